The average Bonchev–Trinajstić information content (AvgIpc) is 2.76. The number of hydrogen-bond acceptors (Lipinski definition) is 7. The Morgan fingerprint density at radius 1 is 0.645 bits per heavy atom. The van der Waals surface area contributed by atoms with Gasteiger partial charge in [0.05, 0.1) is 6.61 Å². The van der Waals surface area contributed by atoms with Gasteiger partial charge in [-0.05, 0) is 58.8 Å². The summed E-state index contributed by atoms with van der Waals surface area (Å²) in [6.07, 6.45) is 7.33. The van der Waals surface area contributed by atoms with Gasteiger partial charge in [-0.15, -0.1) is 17.2 Å². The third-order valence-electron chi connectivity index (χ3n) is 4.37. The van der Waals surface area contributed by atoms with Crippen molar-refractivity contribution in [3.8, 4) is 0 Å². The van der Waals surface area contributed by atoms with Crippen molar-refractivity contribution in [3.05, 3.63) is 0 Å². The second-order valence-electron chi connectivity index (χ2n) is 6.87. The number of ether oxygens (including phenoxy) is 5. The van der Waals surface area contributed by atoms with Gasteiger partial charge in [-0.25, -0.2) is 0 Å². The first-order chi connectivity index (χ1) is 15.2. The maximum absolute atomic E-state index is 6.02. The van der Waals surface area contributed by atoms with Crippen molar-refractivity contribution in [2.24, 2.45) is 0 Å². The quantitative estimate of drug-likeness (QED) is 0.0832. The molecule has 7 nitrogen and oxygen atoms in total. The van der Waals surface area contributed by atoms with Crippen LogP contribution in [0.2, 0.25) is 0 Å². The predicted molar refractivity (Wildman–Crippen MR) is 133 cm³/mol. The molecule has 0 saturated heterocycles. The summed E-state index contributed by atoms with van der Waals surface area (Å²) in [6, 6.07) is 0. The van der Waals surface area contributed by atoms with E-state index in [0.717, 1.165) is 80.8 Å². The van der Waals surface area contributed by atoms with Crippen molar-refractivity contribution >= 4 is 17.2 Å². The van der Waals surface area contributed by atoms with Crippen molar-refractivity contribution in [2.45, 2.75) is 59.5 Å². The Balaban J connectivity index is 4.10. The number of hydrogen-bond donors (Lipinski definition) is 0. The number of hydroxylamine groups is 2. The van der Waals surface area contributed by atoms with Gasteiger partial charge < -0.3 is 23.7 Å². The van der Waals surface area contributed by atoms with E-state index in [1.54, 1.807) is 7.11 Å². The topological polar surface area (TPSA) is 58.6 Å². The Morgan fingerprint density at radius 2 is 1.10 bits per heavy atom. The number of methoxy groups -OCH3 is 1. The van der Waals surface area contributed by atoms with Gasteiger partial charge >= 0.3 is 0 Å². The van der Waals surface area contributed by atoms with Crippen LogP contribution in [0.25, 0.3) is 0 Å². The second-order valence-corrected chi connectivity index (χ2v) is 9.87. The first kappa shape index (κ1) is 31.6. The molecule has 0 bridgehead atoms. The van der Waals surface area contributed by atoms with E-state index in [2.05, 4.69) is 5.06 Å². The molecule has 0 aromatic heterocycles. The molecule has 0 rings (SSSR count). The second kappa shape index (κ2) is 25.2. The Hall–Kier alpha value is 0.580. The fraction of sp³-hybridized carbons (Fsp3) is 1.00. The molecule has 0 fully saturated rings. The molecule has 188 valence electrons. The Labute approximate surface area is 195 Å². The molecule has 0 heterocycles. The van der Waals surface area contributed by atoms with Gasteiger partial charge in [-0.1, -0.05) is 0 Å². The van der Waals surface area contributed by atoms with Crippen LogP contribution in [-0.4, -0.2) is 102 Å². The molecule has 0 amide bonds. The SMILES string of the molecule is CCOC(CCPCCN(CCPCCC(OCC)OCC)OCCCOC)OCC. The summed E-state index contributed by atoms with van der Waals surface area (Å²) in [4.78, 5) is 6.02. The van der Waals surface area contributed by atoms with Crippen LogP contribution in [-0.2, 0) is 28.5 Å². The zero-order chi connectivity index (χ0) is 23.0. The van der Waals surface area contributed by atoms with E-state index in [9.17, 15) is 0 Å². The molecular formula is C22H49NO6P2. The van der Waals surface area contributed by atoms with Gasteiger partial charge in [-0.2, -0.15) is 5.06 Å². The summed E-state index contributed by atoms with van der Waals surface area (Å²) in [5.41, 5.74) is 0. The first-order valence-electron chi connectivity index (χ1n) is 12.0. The summed E-state index contributed by atoms with van der Waals surface area (Å²) in [6.45, 7) is 14.3. The van der Waals surface area contributed by atoms with E-state index in [0.29, 0.717) is 33.0 Å². The summed E-state index contributed by atoms with van der Waals surface area (Å²) < 4.78 is 27.6. The lowest BCUT2D eigenvalue weighted by Crippen LogP contribution is -2.29. The minimum absolute atomic E-state index is 0.0534. The molecule has 0 aromatic rings. The van der Waals surface area contributed by atoms with E-state index in [1.807, 2.05) is 27.7 Å². The van der Waals surface area contributed by atoms with Gasteiger partial charge in [0.15, 0.2) is 12.6 Å². The van der Waals surface area contributed by atoms with E-state index < -0.39 is 0 Å². The van der Waals surface area contributed by atoms with Gasteiger partial charge in [0.2, 0.25) is 0 Å². The maximum Gasteiger partial charge on any atom is 0.157 e. The van der Waals surface area contributed by atoms with Crippen molar-refractivity contribution in [1.29, 1.82) is 0 Å². The molecule has 0 aliphatic rings. The van der Waals surface area contributed by atoms with Crippen molar-refractivity contribution in [2.75, 3.05) is 84.5 Å². The standard InChI is InChI=1S/C22H49NO6P2/c1-6-25-21(26-7-2)11-17-30-19-13-23(29-16-10-15-24-5)14-20-31-18-12-22(27-8-3)28-9-4/h21-22,30-31H,6-20H2,1-5H3. The van der Waals surface area contributed by atoms with E-state index >= 15 is 0 Å². The average molecular weight is 486 g/mol. The molecule has 2 unspecified atom stereocenters. The lowest BCUT2D eigenvalue weighted by molar-refractivity contribution is -0.154. The lowest BCUT2D eigenvalue weighted by atomic mass is 10.5. The van der Waals surface area contributed by atoms with Crippen LogP contribution >= 0.6 is 17.2 Å². The van der Waals surface area contributed by atoms with Crippen LogP contribution in [0.1, 0.15) is 47.0 Å². The minimum Gasteiger partial charge on any atom is -0.385 e. The fourth-order valence-electron chi connectivity index (χ4n) is 2.91. The summed E-state index contributed by atoms with van der Waals surface area (Å²) in [5, 5.41) is 2.15. The summed E-state index contributed by atoms with van der Waals surface area (Å²) in [7, 11) is 3.52. The van der Waals surface area contributed by atoms with Crippen molar-refractivity contribution in [3.63, 3.8) is 0 Å². The third-order valence-corrected chi connectivity index (χ3v) is 6.81. The van der Waals surface area contributed by atoms with Gasteiger partial charge in [-0.3, -0.25) is 4.84 Å². The normalized spacial score (nSPS) is 12.8. The smallest absolute Gasteiger partial charge is 0.157 e. The molecule has 0 aromatic carbocycles. The fourth-order valence-corrected chi connectivity index (χ4v) is 5.10. The van der Waals surface area contributed by atoms with Gasteiger partial charge in [0, 0.05) is 66.1 Å². The van der Waals surface area contributed by atoms with E-state index in [4.69, 9.17) is 28.5 Å². The molecule has 31 heavy (non-hydrogen) atoms. The number of nitrogens with zero attached hydrogens (tertiary/aromatic N) is 1. The van der Waals surface area contributed by atoms with Crippen LogP contribution in [0, 0.1) is 0 Å². The van der Waals surface area contributed by atoms with E-state index in [-0.39, 0.29) is 12.6 Å². The molecular weight excluding hydrogens is 436 g/mol. The highest BCUT2D eigenvalue weighted by atomic mass is 31.1. The van der Waals surface area contributed by atoms with Crippen LogP contribution in [0.3, 0.4) is 0 Å². The largest absolute Gasteiger partial charge is 0.385 e. The third kappa shape index (κ3) is 20.9. The molecule has 0 aliphatic carbocycles. The molecule has 0 spiro atoms. The van der Waals surface area contributed by atoms with Gasteiger partial charge in [0.1, 0.15) is 0 Å². The monoisotopic (exact) mass is 485 g/mol. The summed E-state index contributed by atoms with van der Waals surface area (Å²) >= 11 is 0. The lowest BCUT2D eigenvalue weighted by Gasteiger charge is -2.22. The van der Waals surface area contributed by atoms with Crippen LogP contribution in [0.4, 0.5) is 0 Å². The van der Waals surface area contributed by atoms with Crippen molar-refractivity contribution < 1.29 is 28.5 Å². The van der Waals surface area contributed by atoms with Crippen molar-refractivity contribution in [1.82, 2.24) is 5.06 Å². The Bertz CT molecular complexity index is 320. The van der Waals surface area contributed by atoms with Gasteiger partial charge in [0.25, 0.3) is 0 Å². The van der Waals surface area contributed by atoms with Crippen LogP contribution in [0.5, 0.6) is 0 Å². The Morgan fingerprint density at radius 3 is 1.48 bits per heavy atom. The predicted octanol–water partition coefficient (Wildman–Crippen LogP) is 4.19. The molecule has 9 heteroatoms. The van der Waals surface area contributed by atoms with Crippen LogP contribution < -0.4 is 0 Å². The molecule has 0 radical (unpaired) electrons. The highest BCUT2D eigenvalue weighted by Crippen LogP contribution is 2.17. The molecule has 0 saturated carbocycles. The number of rotatable bonds is 25. The highest BCUT2D eigenvalue weighted by molar-refractivity contribution is 7.38. The first-order valence-corrected chi connectivity index (χ1v) is 14.8. The molecule has 2 atom stereocenters. The maximum atomic E-state index is 6.02. The molecule has 0 aliphatic heterocycles. The zero-order valence-electron chi connectivity index (χ0n) is 20.7. The zero-order valence-corrected chi connectivity index (χ0v) is 22.7. The Kier molecular flexibility index (Phi) is 25.7. The summed E-state index contributed by atoms with van der Waals surface area (Å²) in [5.74, 6) is 0. The molecule has 0 N–H and O–H groups in total. The highest BCUT2D eigenvalue weighted by Gasteiger charge is 2.10. The minimum atomic E-state index is -0.0534. The van der Waals surface area contributed by atoms with E-state index in [1.165, 1.54) is 0 Å². The van der Waals surface area contributed by atoms with Crippen LogP contribution in [0.15, 0.2) is 0 Å².